The lowest BCUT2D eigenvalue weighted by molar-refractivity contribution is -0.137. The van der Waals surface area contributed by atoms with Crippen LogP contribution in [0.5, 0.6) is 0 Å². The molecule has 3 nitrogen and oxygen atoms in total. The highest BCUT2D eigenvalue weighted by Crippen LogP contribution is 2.40. The Hall–Kier alpha value is -1.56. The highest BCUT2D eigenvalue weighted by molar-refractivity contribution is 5.79. The molecule has 1 heterocycles. The molecular formula is C17H20F3NO2. The first-order chi connectivity index (χ1) is 10.9. The molecule has 2 aliphatic rings. The molecule has 1 aromatic carbocycles. The minimum Gasteiger partial charge on any atom is -0.373 e. The molecule has 6 heteroatoms. The Morgan fingerprint density at radius 2 is 2.04 bits per heavy atom. The maximum atomic E-state index is 12.7. The molecule has 1 N–H and O–H groups in total. The fourth-order valence-corrected chi connectivity index (χ4v) is 3.63. The summed E-state index contributed by atoms with van der Waals surface area (Å²) >= 11 is 0. The lowest BCUT2D eigenvalue weighted by Gasteiger charge is -2.21. The van der Waals surface area contributed by atoms with Crippen molar-refractivity contribution in [3.05, 3.63) is 35.4 Å². The second kappa shape index (κ2) is 6.15. The third-order valence-corrected chi connectivity index (χ3v) is 4.71. The smallest absolute Gasteiger partial charge is 0.373 e. The van der Waals surface area contributed by atoms with E-state index >= 15 is 0 Å². The molecule has 1 saturated carbocycles. The van der Waals surface area contributed by atoms with Gasteiger partial charge in [0.15, 0.2) is 0 Å². The van der Waals surface area contributed by atoms with Crippen molar-refractivity contribution in [3.8, 4) is 0 Å². The zero-order valence-electron chi connectivity index (χ0n) is 12.8. The second-order valence-electron chi connectivity index (χ2n) is 6.54. The third-order valence-electron chi connectivity index (χ3n) is 4.71. The van der Waals surface area contributed by atoms with Crippen LogP contribution in [0, 0.1) is 0 Å². The Balaban J connectivity index is 1.56. The predicted octanol–water partition coefficient (Wildman–Crippen LogP) is 3.47. The molecule has 0 bridgehead atoms. The molecule has 1 aliphatic carbocycles. The summed E-state index contributed by atoms with van der Waals surface area (Å²) in [6.45, 7) is 0.494. The Kier molecular flexibility index (Phi) is 4.36. The van der Waals surface area contributed by atoms with E-state index in [1.165, 1.54) is 6.07 Å². The van der Waals surface area contributed by atoms with Crippen LogP contribution < -0.4 is 5.32 Å². The van der Waals surface area contributed by atoms with Crippen LogP contribution in [0.4, 0.5) is 13.2 Å². The first kappa shape index (κ1) is 16.3. The van der Waals surface area contributed by atoms with Crippen LogP contribution in [-0.2, 0) is 22.1 Å². The lowest BCUT2D eigenvalue weighted by Crippen LogP contribution is -2.37. The number of alkyl halides is 3. The van der Waals surface area contributed by atoms with Crippen molar-refractivity contribution in [1.82, 2.24) is 5.32 Å². The number of ether oxygens (including phenoxy) is 1. The molecule has 126 valence electrons. The average molecular weight is 327 g/mol. The van der Waals surface area contributed by atoms with E-state index < -0.39 is 11.7 Å². The van der Waals surface area contributed by atoms with Gasteiger partial charge in [-0.15, -0.1) is 0 Å². The number of hydrogen-bond donors (Lipinski definition) is 1. The van der Waals surface area contributed by atoms with E-state index in [-0.39, 0.29) is 24.0 Å². The van der Waals surface area contributed by atoms with Crippen LogP contribution in [0.1, 0.15) is 43.2 Å². The Morgan fingerprint density at radius 1 is 1.30 bits per heavy atom. The van der Waals surface area contributed by atoms with Crippen LogP contribution >= 0.6 is 0 Å². The van der Waals surface area contributed by atoms with Gasteiger partial charge in [0.1, 0.15) is 0 Å². The van der Waals surface area contributed by atoms with Gasteiger partial charge in [-0.2, -0.15) is 13.2 Å². The molecular weight excluding hydrogens is 307 g/mol. The molecule has 1 spiro atoms. The van der Waals surface area contributed by atoms with Gasteiger partial charge < -0.3 is 10.1 Å². The molecule has 1 amide bonds. The molecule has 1 aromatic rings. The van der Waals surface area contributed by atoms with Gasteiger partial charge in [0.05, 0.1) is 30.2 Å². The number of hydrogen-bond acceptors (Lipinski definition) is 2. The van der Waals surface area contributed by atoms with Crippen molar-refractivity contribution in [2.24, 2.45) is 0 Å². The number of nitrogens with one attached hydrogen (secondary N) is 1. The molecule has 1 aliphatic heterocycles. The molecule has 2 fully saturated rings. The Labute approximate surface area is 133 Å². The topological polar surface area (TPSA) is 38.3 Å². The summed E-state index contributed by atoms with van der Waals surface area (Å²) in [7, 11) is 0. The summed E-state index contributed by atoms with van der Waals surface area (Å²) in [5, 5.41) is 2.89. The van der Waals surface area contributed by atoms with Crippen molar-refractivity contribution in [2.45, 2.75) is 56.3 Å². The highest BCUT2D eigenvalue weighted by atomic mass is 19.4. The van der Waals surface area contributed by atoms with Crippen molar-refractivity contribution in [1.29, 1.82) is 0 Å². The van der Waals surface area contributed by atoms with Gasteiger partial charge in [-0.25, -0.2) is 0 Å². The van der Waals surface area contributed by atoms with Gasteiger partial charge in [0, 0.05) is 0 Å². The molecule has 3 rings (SSSR count). The second-order valence-corrected chi connectivity index (χ2v) is 6.54. The lowest BCUT2D eigenvalue weighted by atomic mass is 9.96. The van der Waals surface area contributed by atoms with Crippen molar-refractivity contribution in [3.63, 3.8) is 0 Å². The van der Waals surface area contributed by atoms with Gasteiger partial charge in [0.2, 0.25) is 5.91 Å². The fourth-order valence-electron chi connectivity index (χ4n) is 3.63. The van der Waals surface area contributed by atoms with E-state index in [0.717, 1.165) is 44.2 Å². The van der Waals surface area contributed by atoms with E-state index in [1.54, 1.807) is 6.07 Å². The quantitative estimate of drug-likeness (QED) is 0.923. The highest BCUT2D eigenvalue weighted by Gasteiger charge is 2.42. The molecule has 1 atom stereocenters. The predicted molar refractivity (Wildman–Crippen MR) is 78.8 cm³/mol. The van der Waals surface area contributed by atoms with Gasteiger partial charge in [0.25, 0.3) is 0 Å². The van der Waals surface area contributed by atoms with E-state index in [1.807, 2.05) is 0 Å². The summed E-state index contributed by atoms with van der Waals surface area (Å²) in [4.78, 5) is 12.1. The number of rotatable bonds is 3. The number of amides is 1. The largest absolute Gasteiger partial charge is 0.416 e. The van der Waals surface area contributed by atoms with Gasteiger partial charge >= 0.3 is 6.18 Å². The Bertz CT molecular complexity index is 579. The van der Waals surface area contributed by atoms with E-state index in [2.05, 4.69) is 5.32 Å². The summed E-state index contributed by atoms with van der Waals surface area (Å²) in [6, 6.07) is 4.88. The zero-order chi connectivity index (χ0) is 16.5. The van der Waals surface area contributed by atoms with E-state index in [0.29, 0.717) is 12.2 Å². The summed E-state index contributed by atoms with van der Waals surface area (Å²) in [5.74, 6) is -0.257. The zero-order valence-corrected chi connectivity index (χ0v) is 12.8. The minimum absolute atomic E-state index is 0.0357. The maximum Gasteiger partial charge on any atom is 0.416 e. The number of carbonyl (C=O) groups excluding carboxylic acids is 1. The van der Waals surface area contributed by atoms with Gasteiger partial charge in [-0.1, -0.05) is 31.0 Å². The van der Waals surface area contributed by atoms with Crippen molar-refractivity contribution >= 4 is 5.91 Å². The van der Waals surface area contributed by atoms with Crippen LogP contribution in [-0.4, -0.2) is 24.2 Å². The van der Waals surface area contributed by atoms with Crippen LogP contribution in [0.3, 0.4) is 0 Å². The summed E-state index contributed by atoms with van der Waals surface area (Å²) in [5.41, 5.74) is -0.433. The number of benzene rings is 1. The number of halogens is 3. The van der Waals surface area contributed by atoms with Crippen LogP contribution in [0.2, 0.25) is 0 Å². The van der Waals surface area contributed by atoms with Crippen LogP contribution in [0.15, 0.2) is 24.3 Å². The fraction of sp³-hybridized carbons (Fsp3) is 0.588. The van der Waals surface area contributed by atoms with Gasteiger partial charge in [-0.3, -0.25) is 4.79 Å². The maximum absolute atomic E-state index is 12.7. The first-order valence-electron chi connectivity index (χ1n) is 7.96. The average Bonchev–Trinajstić information content (AvgIpc) is 3.09. The molecule has 0 unspecified atom stereocenters. The SMILES string of the molecule is O=C(Cc1cccc(C(F)(F)F)c1)N[C@H]1COC2(CCCC2)C1. The van der Waals surface area contributed by atoms with E-state index in [9.17, 15) is 18.0 Å². The van der Waals surface area contributed by atoms with E-state index in [4.69, 9.17) is 4.74 Å². The van der Waals surface area contributed by atoms with Crippen LogP contribution in [0.25, 0.3) is 0 Å². The summed E-state index contributed by atoms with van der Waals surface area (Å²) < 4.78 is 43.9. The standard InChI is InChI=1S/C17H20F3NO2/c18-17(19,20)13-5-3-4-12(8-13)9-15(22)21-14-10-16(23-11-14)6-1-2-7-16/h3-5,8,14H,1-2,6-7,9-11H2,(H,21,22)/t14-/m1/s1. The minimum atomic E-state index is -4.39. The van der Waals surface area contributed by atoms with Gasteiger partial charge in [-0.05, 0) is 30.9 Å². The monoisotopic (exact) mass is 327 g/mol. The molecule has 0 radical (unpaired) electrons. The number of carbonyl (C=O) groups is 1. The third kappa shape index (κ3) is 3.86. The first-order valence-corrected chi connectivity index (χ1v) is 7.96. The summed E-state index contributed by atoms with van der Waals surface area (Å²) in [6.07, 6.45) is 0.755. The Morgan fingerprint density at radius 3 is 2.74 bits per heavy atom. The molecule has 1 saturated heterocycles. The normalized spacial score (nSPS) is 23.3. The van der Waals surface area contributed by atoms with Crippen molar-refractivity contribution in [2.75, 3.05) is 6.61 Å². The molecule has 23 heavy (non-hydrogen) atoms. The molecule has 0 aromatic heterocycles. The van der Waals surface area contributed by atoms with Crippen molar-refractivity contribution < 1.29 is 22.7 Å².